The Morgan fingerprint density at radius 1 is 0.516 bits per heavy atom. The number of rotatable bonds is 0. The molecule has 31 heavy (non-hydrogen) atoms. The summed E-state index contributed by atoms with van der Waals surface area (Å²) in [6, 6.07) is 30.0. The second-order valence-corrected chi connectivity index (χ2v) is 8.59. The minimum absolute atomic E-state index is 0.521. The highest BCUT2D eigenvalue weighted by Gasteiger charge is 2.52. The van der Waals surface area contributed by atoms with Gasteiger partial charge in [-0.15, -0.1) is 0 Å². The minimum atomic E-state index is -0.521. The maximum Gasteiger partial charge on any atom is 0.0991 e. The van der Waals surface area contributed by atoms with Crippen molar-refractivity contribution in [2.24, 2.45) is 0 Å². The number of hydrogen-bond acceptors (Lipinski definition) is 2. The third-order valence-corrected chi connectivity index (χ3v) is 6.84. The van der Waals surface area contributed by atoms with E-state index in [0.717, 1.165) is 22.3 Å². The van der Waals surface area contributed by atoms with Gasteiger partial charge in [0.2, 0.25) is 0 Å². The van der Waals surface area contributed by atoms with E-state index < -0.39 is 5.41 Å². The Hall–Kier alpha value is -4.14. The van der Waals surface area contributed by atoms with Crippen LogP contribution < -0.4 is 0 Å². The van der Waals surface area contributed by atoms with Crippen LogP contribution in [0, 0.1) is 36.5 Å². The van der Waals surface area contributed by atoms with Gasteiger partial charge in [-0.05, 0) is 82.6 Å². The Labute approximate surface area is 181 Å². The molecule has 4 aromatic rings. The third-order valence-electron chi connectivity index (χ3n) is 6.84. The van der Waals surface area contributed by atoms with Crippen LogP contribution in [-0.2, 0) is 5.41 Å². The Morgan fingerprint density at radius 2 is 0.871 bits per heavy atom. The summed E-state index contributed by atoms with van der Waals surface area (Å²) >= 11 is 0. The number of fused-ring (bicyclic) bond motifs is 10. The summed E-state index contributed by atoms with van der Waals surface area (Å²) in [5.74, 6) is 0. The van der Waals surface area contributed by atoms with Crippen LogP contribution in [0.2, 0.25) is 0 Å². The number of hydrogen-bond donors (Lipinski definition) is 0. The van der Waals surface area contributed by atoms with Crippen molar-refractivity contribution < 1.29 is 0 Å². The molecule has 0 saturated carbocycles. The second-order valence-electron chi connectivity index (χ2n) is 8.59. The minimum Gasteiger partial charge on any atom is -0.192 e. The van der Waals surface area contributed by atoms with Crippen molar-refractivity contribution in [2.45, 2.75) is 19.3 Å². The summed E-state index contributed by atoms with van der Waals surface area (Å²) in [6.45, 7) is 4.24. The van der Waals surface area contributed by atoms with Crippen molar-refractivity contribution in [3.8, 4) is 34.4 Å². The molecule has 0 saturated heterocycles. The monoisotopic (exact) mass is 394 g/mol. The molecule has 1 spiro atoms. The van der Waals surface area contributed by atoms with E-state index in [2.05, 4.69) is 74.5 Å². The van der Waals surface area contributed by atoms with Crippen molar-refractivity contribution in [3.63, 3.8) is 0 Å². The summed E-state index contributed by atoms with van der Waals surface area (Å²) in [5, 5.41) is 19.4. The van der Waals surface area contributed by atoms with Gasteiger partial charge in [-0.2, -0.15) is 10.5 Å². The zero-order valence-corrected chi connectivity index (χ0v) is 17.3. The fourth-order valence-electron chi connectivity index (χ4n) is 5.59. The largest absolute Gasteiger partial charge is 0.192 e. The van der Waals surface area contributed by atoms with E-state index in [4.69, 9.17) is 0 Å². The van der Waals surface area contributed by atoms with E-state index in [-0.39, 0.29) is 0 Å². The lowest BCUT2D eigenvalue weighted by atomic mass is 9.69. The number of aryl methyl sites for hydroxylation is 2. The summed E-state index contributed by atoms with van der Waals surface area (Å²) in [5.41, 5.74) is 12.7. The van der Waals surface area contributed by atoms with Gasteiger partial charge in [0.1, 0.15) is 0 Å². The topological polar surface area (TPSA) is 47.6 Å². The zero-order chi connectivity index (χ0) is 21.3. The van der Waals surface area contributed by atoms with Crippen molar-refractivity contribution in [2.75, 3.05) is 0 Å². The molecule has 2 nitrogen and oxygen atoms in total. The first-order valence-electron chi connectivity index (χ1n) is 10.4. The number of benzene rings is 4. The van der Waals surface area contributed by atoms with Crippen LogP contribution in [0.15, 0.2) is 72.8 Å². The SMILES string of the molecule is Cc1ccc2c(c1)C1(c3cc(C)ccc3-2)c2cc(C#N)ccc2-c2ccc(C#N)cc21. The first kappa shape index (κ1) is 17.7. The van der Waals surface area contributed by atoms with Gasteiger partial charge >= 0.3 is 0 Å². The van der Waals surface area contributed by atoms with Crippen molar-refractivity contribution in [3.05, 3.63) is 117 Å². The molecule has 0 atom stereocenters. The molecule has 0 unspecified atom stereocenters. The van der Waals surface area contributed by atoms with Gasteiger partial charge in [0.05, 0.1) is 28.7 Å². The molecule has 0 amide bonds. The summed E-state index contributed by atoms with van der Waals surface area (Å²) in [6.07, 6.45) is 0. The molecule has 0 N–H and O–H groups in total. The Kier molecular flexibility index (Phi) is 3.39. The standard InChI is InChI=1S/C29H18N2/c1-17-3-7-21-22-8-4-18(2)12-26(22)29(25(21)11-17)27-13-19(15-30)5-9-23(27)24-10-6-20(16-31)14-28(24)29/h3-14H,1-2H3. The van der Waals surface area contributed by atoms with E-state index in [9.17, 15) is 10.5 Å². The summed E-state index contributed by atoms with van der Waals surface area (Å²) in [7, 11) is 0. The highest BCUT2D eigenvalue weighted by molar-refractivity contribution is 5.95. The van der Waals surface area contributed by atoms with Crippen LogP contribution in [0.1, 0.15) is 44.5 Å². The van der Waals surface area contributed by atoms with Crippen LogP contribution in [0.4, 0.5) is 0 Å². The quantitative estimate of drug-likeness (QED) is 0.300. The number of nitrogens with zero attached hydrogens (tertiary/aromatic N) is 2. The lowest BCUT2D eigenvalue weighted by Crippen LogP contribution is -2.26. The van der Waals surface area contributed by atoms with Crippen molar-refractivity contribution in [1.29, 1.82) is 10.5 Å². The van der Waals surface area contributed by atoms with Crippen LogP contribution >= 0.6 is 0 Å². The molecule has 0 heterocycles. The molecule has 2 aliphatic carbocycles. The Morgan fingerprint density at radius 3 is 1.26 bits per heavy atom. The molecule has 2 aliphatic rings. The highest BCUT2D eigenvalue weighted by Crippen LogP contribution is 2.63. The van der Waals surface area contributed by atoms with Crippen molar-refractivity contribution >= 4 is 0 Å². The third kappa shape index (κ3) is 2.09. The van der Waals surface area contributed by atoms with Gasteiger partial charge in [0.25, 0.3) is 0 Å². The maximum absolute atomic E-state index is 9.68. The molecule has 0 radical (unpaired) electrons. The van der Waals surface area contributed by atoms with E-state index in [0.29, 0.717) is 11.1 Å². The molecule has 4 aromatic carbocycles. The van der Waals surface area contributed by atoms with Gasteiger partial charge in [0, 0.05) is 0 Å². The number of nitriles is 2. The molecular weight excluding hydrogens is 376 g/mol. The predicted octanol–water partition coefficient (Wildman–Crippen LogP) is 6.39. The van der Waals surface area contributed by atoms with Crippen LogP contribution in [0.25, 0.3) is 22.3 Å². The first-order chi connectivity index (χ1) is 15.1. The molecule has 0 bridgehead atoms. The maximum atomic E-state index is 9.68. The van der Waals surface area contributed by atoms with Crippen LogP contribution in [0.5, 0.6) is 0 Å². The molecule has 0 fully saturated rings. The van der Waals surface area contributed by atoms with E-state index in [1.165, 1.54) is 33.4 Å². The fraction of sp³-hybridized carbons (Fsp3) is 0.103. The first-order valence-corrected chi connectivity index (χ1v) is 10.4. The lowest BCUT2D eigenvalue weighted by Gasteiger charge is -2.31. The van der Waals surface area contributed by atoms with Gasteiger partial charge < -0.3 is 0 Å². The second kappa shape index (κ2) is 5.94. The summed E-state index contributed by atoms with van der Waals surface area (Å²) < 4.78 is 0. The molecule has 2 heteroatoms. The smallest absolute Gasteiger partial charge is 0.0991 e. The average molecular weight is 394 g/mol. The van der Waals surface area contributed by atoms with E-state index in [1.54, 1.807) is 0 Å². The predicted molar refractivity (Wildman–Crippen MR) is 122 cm³/mol. The fourth-order valence-corrected chi connectivity index (χ4v) is 5.59. The summed E-state index contributed by atoms with van der Waals surface area (Å²) in [4.78, 5) is 0. The molecule has 144 valence electrons. The van der Waals surface area contributed by atoms with E-state index >= 15 is 0 Å². The van der Waals surface area contributed by atoms with Crippen LogP contribution in [0.3, 0.4) is 0 Å². The molecular formula is C29H18N2. The molecule has 0 aliphatic heterocycles. The zero-order valence-electron chi connectivity index (χ0n) is 17.3. The van der Waals surface area contributed by atoms with Gasteiger partial charge in [0.15, 0.2) is 0 Å². The van der Waals surface area contributed by atoms with Gasteiger partial charge in [-0.1, -0.05) is 59.7 Å². The lowest BCUT2D eigenvalue weighted by molar-refractivity contribution is 0.790. The van der Waals surface area contributed by atoms with Gasteiger partial charge in [-0.25, -0.2) is 0 Å². The van der Waals surface area contributed by atoms with Crippen molar-refractivity contribution in [1.82, 2.24) is 0 Å². The normalized spacial score (nSPS) is 13.7. The Bertz CT molecular complexity index is 1410. The van der Waals surface area contributed by atoms with Crippen LogP contribution in [-0.4, -0.2) is 0 Å². The molecule has 6 rings (SSSR count). The average Bonchev–Trinajstić information content (AvgIpc) is 3.24. The Balaban J connectivity index is 1.88. The highest BCUT2D eigenvalue weighted by atomic mass is 14.5. The van der Waals surface area contributed by atoms with E-state index in [1.807, 2.05) is 24.3 Å². The molecule has 0 aromatic heterocycles. The van der Waals surface area contributed by atoms with Gasteiger partial charge in [-0.3, -0.25) is 0 Å².